The molecule has 3 aromatic rings. The Bertz CT molecular complexity index is 1140. The minimum atomic E-state index is -0.0393. The van der Waals surface area contributed by atoms with E-state index in [0.29, 0.717) is 33.4 Å². The van der Waals surface area contributed by atoms with Gasteiger partial charge >= 0.3 is 0 Å². The number of likely N-dealkylation sites (N-methyl/N-ethyl adjacent to an activating group) is 1. The van der Waals surface area contributed by atoms with Crippen molar-refractivity contribution in [2.75, 3.05) is 6.54 Å². The fraction of sp³-hybridized carbons (Fsp3) is 0.174. The number of halogens is 1. The number of thioether (sulfide) groups is 1. The number of carbonyl (C=O) groups is 1. The van der Waals surface area contributed by atoms with E-state index in [1.807, 2.05) is 73.8 Å². The van der Waals surface area contributed by atoms with Crippen LogP contribution in [-0.2, 0) is 11.4 Å². The maximum atomic E-state index is 12.8. The molecule has 0 saturated carbocycles. The molecule has 2 aromatic carbocycles. The van der Waals surface area contributed by atoms with Gasteiger partial charge in [-0.15, -0.1) is 11.3 Å². The summed E-state index contributed by atoms with van der Waals surface area (Å²) in [5.74, 6) is 0.724. The molecule has 8 heteroatoms. The molecule has 4 rings (SSSR count). The van der Waals surface area contributed by atoms with E-state index in [2.05, 4.69) is 9.98 Å². The molecule has 1 aromatic heterocycles. The Morgan fingerprint density at radius 3 is 2.55 bits per heavy atom. The van der Waals surface area contributed by atoms with Crippen molar-refractivity contribution in [2.45, 2.75) is 20.5 Å². The Labute approximate surface area is 194 Å². The number of aliphatic imine (C=N–C) groups is 1. The minimum absolute atomic E-state index is 0.0393. The molecule has 0 N–H and O–H groups in total. The van der Waals surface area contributed by atoms with Gasteiger partial charge in [0, 0.05) is 16.9 Å². The number of aryl methyl sites for hydroxylation is 1. The Kier molecular flexibility index (Phi) is 6.75. The first-order valence-corrected chi connectivity index (χ1v) is 11.8. The van der Waals surface area contributed by atoms with E-state index in [1.54, 1.807) is 4.90 Å². The molecular weight excluding hydrogens is 450 g/mol. The van der Waals surface area contributed by atoms with Gasteiger partial charge in [0.25, 0.3) is 5.91 Å². The molecule has 0 bridgehead atoms. The second-order valence-electron chi connectivity index (χ2n) is 6.81. The molecule has 158 valence electrons. The SMILES string of the molecule is CCN1C(=O)/C(=C/c2ccc(OCc3ccc(Cl)cc3)cc2)S/C1=N/c1nc(C)cs1. The number of aromatic nitrogens is 1. The number of amides is 1. The van der Waals surface area contributed by atoms with E-state index in [1.165, 1.54) is 23.1 Å². The third kappa shape index (κ3) is 5.36. The van der Waals surface area contributed by atoms with Crippen LogP contribution in [0.3, 0.4) is 0 Å². The number of amidine groups is 1. The van der Waals surface area contributed by atoms with E-state index in [9.17, 15) is 4.79 Å². The molecule has 31 heavy (non-hydrogen) atoms. The zero-order valence-electron chi connectivity index (χ0n) is 17.0. The van der Waals surface area contributed by atoms with Gasteiger partial charge in [-0.05, 0) is 67.1 Å². The van der Waals surface area contributed by atoms with Crippen LogP contribution in [-0.4, -0.2) is 27.5 Å². The second-order valence-corrected chi connectivity index (χ2v) is 9.09. The lowest BCUT2D eigenvalue weighted by molar-refractivity contribution is -0.122. The van der Waals surface area contributed by atoms with Gasteiger partial charge in [0.15, 0.2) is 5.17 Å². The molecule has 0 unspecified atom stereocenters. The molecule has 2 heterocycles. The van der Waals surface area contributed by atoms with Crippen molar-refractivity contribution < 1.29 is 9.53 Å². The summed E-state index contributed by atoms with van der Waals surface area (Å²) in [7, 11) is 0. The summed E-state index contributed by atoms with van der Waals surface area (Å²) in [5, 5.41) is 3.98. The van der Waals surface area contributed by atoms with Crippen molar-refractivity contribution in [3.63, 3.8) is 0 Å². The van der Waals surface area contributed by atoms with Gasteiger partial charge in [0.2, 0.25) is 5.13 Å². The predicted octanol–water partition coefficient (Wildman–Crippen LogP) is 6.31. The molecule has 0 radical (unpaired) electrons. The van der Waals surface area contributed by atoms with Crippen molar-refractivity contribution >= 4 is 57.0 Å². The molecule has 1 aliphatic heterocycles. The highest BCUT2D eigenvalue weighted by Crippen LogP contribution is 2.34. The number of hydrogen-bond acceptors (Lipinski definition) is 6. The maximum absolute atomic E-state index is 12.8. The van der Waals surface area contributed by atoms with Gasteiger partial charge < -0.3 is 4.74 Å². The van der Waals surface area contributed by atoms with Crippen LogP contribution in [0.25, 0.3) is 6.08 Å². The number of benzene rings is 2. The van der Waals surface area contributed by atoms with Crippen molar-refractivity contribution in [2.24, 2.45) is 4.99 Å². The average molecular weight is 470 g/mol. The molecule has 0 aliphatic carbocycles. The van der Waals surface area contributed by atoms with Crippen molar-refractivity contribution in [1.29, 1.82) is 0 Å². The summed E-state index contributed by atoms with van der Waals surface area (Å²) in [6.45, 7) is 4.90. The summed E-state index contributed by atoms with van der Waals surface area (Å²) in [4.78, 5) is 24.1. The van der Waals surface area contributed by atoms with Gasteiger partial charge in [0.05, 0.1) is 10.6 Å². The van der Waals surface area contributed by atoms with Crippen LogP contribution in [0.5, 0.6) is 5.75 Å². The van der Waals surface area contributed by atoms with E-state index >= 15 is 0 Å². The van der Waals surface area contributed by atoms with E-state index in [-0.39, 0.29) is 5.91 Å². The first-order chi connectivity index (χ1) is 15.0. The topological polar surface area (TPSA) is 54.8 Å². The number of ether oxygens (including phenoxy) is 1. The maximum Gasteiger partial charge on any atom is 0.266 e. The Morgan fingerprint density at radius 2 is 1.90 bits per heavy atom. The molecule has 1 fully saturated rings. The van der Waals surface area contributed by atoms with Crippen LogP contribution in [0.4, 0.5) is 5.13 Å². The van der Waals surface area contributed by atoms with Crippen LogP contribution in [0.1, 0.15) is 23.7 Å². The van der Waals surface area contributed by atoms with Crippen molar-refractivity contribution in [3.05, 3.63) is 80.7 Å². The summed E-state index contributed by atoms with van der Waals surface area (Å²) >= 11 is 8.76. The van der Waals surface area contributed by atoms with Gasteiger partial charge in [0.1, 0.15) is 12.4 Å². The minimum Gasteiger partial charge on any atom is -0.489 e. The quantitative estimate of drug-likeness (QED) is 0.397. The summed E-state index contributed by atoms with van der Waals surface area (Å²) in [6.07, 6.45) is 1.88. The average Bonchev–Trinajstić information content (AvgIpc) is 3.31. The first kappa shape index (κ1) is 21.6. The molecule has 5 nitrogen and oxygen atoms in total. The van der Waals surface area contributed by atoms with Crippen LogP contribution < -0.4 is 4.74 Å². The van der Waals surface area contributed by atoms with Crippen molar-refractivity contribution in [1.82, 2.24) is 9.88 Å². The highest BCUT2D eigenvalue weighted by molar-refractivity contribution is 8.18. The second kappa shape index (κ2) is 9.68. The zero-order valence-corrected chi connectivity index (χ0v) is 19.4. The highest BCUT2D eigenvalue weighted by atomic mass is 35.5. The largest absolute Gasteiger partial charge is 0.489 e. The third-order valence-corrected chi connectivity index (χ3v) is 6.61. The van der Waals surface area contributed by atoms with Crippen molar-refractivity contribution in [3.8, 4) is 5.75 Å². The number of carbonyl (C=O) groups excluding carboxylic acids is 1. The number of rotatable bonds is 6. The van der Waals surface area contributed by atoms with Crippen LogP contribution in [0.15, 0.2) is 63.8 Å². The summed E-state index contributed by atoms with van der Waals surface area (Å²) < 4.78 is 5.83. The fourth-order valence-corrected chi connectivity index (χ4v) is 4.80. The normalized spacial score (nSPS) is 16.5. The Hall–Kier alpha value is -2.61. The third-order valence-electron chi connectivity index (χ3n) is 4.50. The lowest BCUT2D eigenvalue weighted by atomic mass is 10.2. The lowest BCUT2D eigenvalue weighted by Gasteiger charge is -2.11. The first-order valence-electron chi connectivity index (χ1n) is 9.71. The van der Waals surface area contributed by atoms with Gasteiger partial charge in [-0.2, -0.15) is 4.99 Å². The summed E-state index contributed by atoms with van der Waals surface area (Å²) in [5.41, 5.74) is 2.90. The monoisotopic (exact) mass is 469 g/mol. The van der Waals surface area contributed by atoms with Crippen LogP contribution >= 0.6 is 34.7 Å². The Balaban J connectivity index is 1.45. The number of nitrogens with zero attached hydrogens (tertiary/aromatic N) is 3. The summed E-state index contributed by atoms with van der Waals surface area (Å²) in [6, 6.07) is 15.2. The van der Waals surface area contributed by atoms with Crippen LogP contribution in [0.2, 0.25) is 5.02 Å². The molecule has 0 spiro atoms. The highest BCUT2D eigenvalue weighted by Gasteiger charge is 2.32. The van der Waals surface area contributed by atoms with Gasteiger partial charge in [-0.1, -0.05) is 35.9 Å². The van der Waals surface area contributed by atoms with E-state index < -0.39 is 0 Å². The van der Waals surface area contributed by atoms with E-state index in [4.69, 9.17) is 16.3 Å². The smallest absolute Gasteiger partial charge is 0.266 e. The fourth-order valence-electron chi connectivity index (χ4n) is 2.90. The number of hydrogen-bond donors (Lipinski definition) is 0. The van der Waals surface area contributed by atoms with Gasteiger partial charge in [-0.3, -0.25) is 9.69 Å². The molecule has 1 saturated heterocycles. The molecule has 1 amide bonds. The molecule has 1 aliphatic rings. The Morgan fingerprint density at radius 1 is 1.16 bits per heavy atom. The zero-order chi connectivity index (χ0) is 21.8. The van der Waals surface area contributed by atoms with Gasteiger partial charge in [-0.25, -0.2) is 4.98 Å². The number of thiazole rings is 1. The predicted molar refractivity (Wildman–Crippen MR) is 129 cm³/mol. The standard InChI is InChI=1S/C23H20ClN3O2S2/c1-3-27-21(28)20(31-23(27)26-22-25-15(2)14-30-22)12-16-6-10-19(11-7-16)29-13-17-4-8-18(24)9-5-17/h4-12,14H,3,13H2,1-2H3/b20-12-,26-23+. The van der Waals surface area contributed by atoms with E-state index in [0.717, 1.165) is 22.6 Å². The molecule has 0 atom stereocenters. The van der Waals surface area contributed by atoms with Crippen LogP contribution in [0, 0.1) is 6.92 Å². The molecular formula is C23H20ClN3O2S2. The lowest BCUT2D eigenvalue weighted by Crippen LogP contribution is -2.28.